The minimum atomic E-state index is -1.18. The molecule has 0 unspecified atom stereocenters. The molecule has 0 bridgehead atoms. The second kappa shape index (κ2) is 9.39. The van der Waals surface area contributed by atoms with Crippen LogP contribution >= 0.6 is 0 Å². The van der Waals surface area contributed by atoms with E-state index < -0.39 is 23.0 Å². The maximum absolute atomic E-state index is 13.1. The van der Waals surface area contributed by atoms with Gasteiger partial charge in [0.25, 0.3) is 5.91 Å². The summed E-state index contributed by atoms with van der Waals surface area (Å²) in [4.78, 5) is 45.6. The molecule has 2 fully saturated rings. The predicted octanol–water partition coefficient (Wildman–Crippen LogP) is 2.62. The Morgan fingerprint density at radius 3 is 2.59 bits per heavy atom. The molecule has 2 atom stereocenters. The number of likely N-dealkylation sites (tertiary alicyclic amines) is 1. The summed E-state index contributed by atoms with van der Waals surface area (Å²) in [5, 5.41) is 18.3. The van der Waals surface area contributed by atoms with Crippen molar-refractivity contribution in [1.82, 2.24) is 25.3 Å². The SMILES string of the molecule is CC1(C)CN(Cc2ccc(-c3ccon3)cc2)CC[C@]1(O)c1ccc2c(n1)CN([C@H]1CCC(=O)NC1=O)C2=O. The smallest absolute Gasteiger partial charge is 0.256 e. The van der Waals surface area contributed by atoms with E-state index in [-0.39, 0.29) is 24.8 Å². The van der Waals surface area contributed by atoms with E-state index in [1.165, 1.54) is 10.5 Å². The molecule has 10 nitrogen and oxygen atoms in total. The molecule has 3 aliphatic heterocycles. The number of benzene rings is 1. The average molecular weight is 530 g/mol. The minimum absolute atomic E-state index is 0.182. The van der Waals surface area contributed by atoms with Crippen molar-refractivity contribution in [1.29, 1.82) is 0 Å². The van der Waals surface area contributed by atoms with Crippen molar-refractivity contribution < 1.29 is 24.0 Å². The number of aliphatic hydroxyl groups is 1. The number of aromatic nitrogens is 2. The number of rotatable bonds is 5. The molecule has 3 aliphatic rings. The Morgan fingerprint density at radius 1 is 1.10 bits per heavy atom. The van der Waals surface area contributed by atoms with Gasteiger partial charge in [0.05, 0.1) is 23.5 Å². The summed E-state index contributed by atoms with van der Waals surface area (Å²) in [6.07, 6.45) is 2.55. The number of nitrogens with zero attached hydrogens (tertiary/aromatic N) is 4. The van der Waals surface area contributed by atoms with Gasteiger partial charge in [-0.1, -0.05) is 43.3 Å². The highest BCUT2D eigenvalue weighted by Crippen LogP contribution is 2.46. The fourth-order valence-electron chi connectivity index (χ4n) is 6.10. The fraction of sp³-hybridized carbons (Fsp3) is 0.414. The van der Waals surface area contributed by atoms with Crippen LogP contribution in [0.1, 0.15) is 60.4 Å². The van der Waals surface area contributed by atoms with Crippen LogP contribution < -0.4 is 5.32 Å². The molecule has 0 radical (unpaired) electrons. The zero-order valence-electron chi connectivity index (χ0n) is 22.0. The highest BCUT2D eigenvalue weighted by Gasteiger charge is 2.50. The molecule has 1 aromatic carbocycles. The van der Waals surface area contributed by atoms with Crippen LogP contribution in [-0.2, 0) is 28.3 Å². The first kappa shape index (κ1) is 25.4. The van der Waals surface area contributed by atoms with E-state index in [0.29, 0.717) is 42.9 Å². The minimum Gasteiger partial charge on any atom is -0.383 e. The highest BCUT2D eigenvalue weighted by molar-refractivity contribution is 6.05. The van der Waals surface area contributed by atoms with Crippen molar-refractivity contribution in [2.24, 2.45) is 5.41 Å². The molecule has 5 heterocycles. The molecule has 2 N–H and O–H groups in total. The Balaban J connectivity index is 1.16. The van der Waals surface area contributed by atoms with Crippen LogP contribution in [0.3, 0.4) is 0 Å². The third-order valence-electron chi connectivity index (χ3n) is 8.42. The summed E-state index contributed by atoms with van der Waals surface area (Å²) < 4.78 is 4.94. The van der Waals surface area contributed by atoms with Gasteiger partial charge < -0.3 is 14.5 Å². The zero-order valence-corrected chi connectivity index (χ0v) is 22.0. The summed E-state index contributed by atoms with van der Waals surface area (Å²) >= 11 is 0. The first-order valence-electron chi connectivity index (χ1n) is 13.2. The molecule has 202 valence electrons. The van der Waals surface area contributed by atoms with Gasteiger partial charge in [-0.15, -0.1) is 0 Å². The number of nitrogens with one attached hydrogen (secondary N) is 1. The third kappa shape index (κ3) is 4.43. The van der Waals surface area contributed by atoms with Crippen molar-refractivity contribution in [3.05, 3.63) is 71.2 Å². The zero-order chi connectivity index (χ0) is 27.4. The summed E-state index contributed by atoms with van der Waals surface area (Å²) in [5.74, 6) is -1.04. The van der Waals surface area contributed by atoms with Gasteiger partial charge >= 0.3 is 0 Å². The lowest BCUT2D eigenvalue weighted by atomic mass is 9.68. The van der Waals surface area contributed by atoms with Crippen molar-refractivity contribution >= 4 is 17.7 Å². The summed E-state index contributed by atoms with van der Waals surface area (Å²) in [7, 11) is 0. The standard InChI is InChI=1S/C29H31N5O5/c1-28(2)17-33(15-18-3-5-19(6-4-18)21-11-14-39-32-21)13-12-29(28,38)24-9-7-20-22(30-24)16-34(27(20)37)23-8-10-25(35)31-26(23)36/h3-7,9,11,14,23,38H,8,10,12-13,15-17H2,1-2H3,(H,31,35,36)/t23-,29-/m0/s1. The maximum Gasteiger partial charge on any atom is 0.256 e. The third-order valence-corrected chi connectivity index (χ3v) is 8.42. The van der Waals surface area contributed by atoms with Crippen molar-refractivity contribution in [2.75, 3.05) is 13.1 Å². The molecule has 3 amide bonds. The lowest BCUT2D eigenvalue weighted by Crippen LogP contribution is -2.55. The van der Waals surface area contributed by atoms with Gasteiger partial charge in [0.15, 0.2) is 0 Å². The Morgan fingerprint density at radius 2 is 1.90 bits per heavy atom. The largest absolute Gasteiger partial charge is 0.383 e. The van der Waals surface area contributed by atoms with Crippen molar-refractivity contribution in [3.8, 4) is 11.3 Å². The summed E-state index contributed by atoms with van der Waals surface area (Å²) in [5.41, 5.74) is 2.82. The van der Waals surface area contributed by atoms with Crippen molar-refractivity contribution in [2.45, 2.75) is 57.8 Å². The lowest BCUT2D eigenvalue weighted by Gasteiger charge is -2.50. The van der Waals surface area contributed by atoms with E-state index in [9.17, 15) is 19.5 Å². The van der Waals surface area contributed by atoms with E-state index in [1.54, 1.807) is 18.4 Å². The number of carbonyl (C=O) groups excluding carboxylic acids is 3. The van der Waals surface area contributed by atoms with Crippen LogP contribution in [0.25, 0.3) is 11.3 Å². The Labute approximate surface area is 226 Å². The lowest BCUT2D eigenvalue weighted by molar-refractivity contribution is -0.137. The molecular weight excluding hydrogens is 498 g/mol. The molecule has 39 heavy (non-hydrogen) atoms. The maximum atomic E-state index is 13.1. The monoisotopic (exact) mass is 529 g/mol. The second-order valence-electron chi connectivity index (χ2n) is 11.4. The molecule has 10 heteroatoms. The topological polar surface area (TPSA) is 129 Å². The number of imide groups is 1. The molecular formula is C29H31N5O5. The Hall–Kier alpha value is -3.89. The normalized spacial score (nSPS) is 25.1. The average Bonchev–Trinajstić information content (AvgIpc) is 3.55. The number of hydrogen-bond donors (Lipinski definition) is 2. The summed E-state index contributed by atoms with van der Waals surface area (Å²) in [6, 6.07) is 12.8. The van der Waals surface area contributed by atoms with E-state index in [1.807, 2.05) is 32.0 Å². The van der Waals surface area contributed by atoms with Gasteiger partial charge in [-0.2, -0.15) is 0 Å². The number of piperidine rings is 2. The van der Waals surface area contributed by atoms with Crippen LogP contribution in [0, 0.1) is 5.41 Å². The number of pyridine rings is 1. The fourth-order valence-corrected chi connectivity index (χ4v) is 6.10. The van der Waals surface area contributed by atoms with Crippen LogP contribution in [0.5, 0.6) is 0 Å². The highest BCUT2D eigenvalue weighted by atomic mass is 16.5. The van der Waals surface area contributed by atoms with Gasteiger partial charge in [-0.25, -0.2) is 0 Å². The van der Waals surface area contributed by atoms with Gasteiger partial charge in [-0.05, 0) is 30.5 Å². The molecule has 6 rings (SSSR count). The van der Waals surface area contributed by atoms with Gasteiger partial charge in [0.2, 0.25) is 11.8 Å². The predicted molar refractivity (Wildman–Crippen MR) is 140 cm³/mol. The summed E-state index contributed by atoms with van der Waals surface area (Å²) in [6.45, 7) is 6.37. The number of carbonyl (C=O) groups is 3. The van der Waals surface area contributed by atoms with E-state index >= 15 is 0 Å². The van der Waals surface area contributed by atoms with Crippen molar-refractivity contribution in [3.63, 3.8) is 0 Å². The van der Waals surface area contributed by atoms with Crippen LogP contribution in [0.15, 0.2) is 53.3 Å². The van der Waals surface area contributed by atoms with Crippen LogP contribution in [-0.4, -0.2) is 61.9 Å². The van der Waals surface area contributed by atoms with Gasteiger partial charge in [0, 0.05) is 43.1 Å². The van der Waals surface area contributed by atoms with E-state index in [0.717, 1.165) is 17.8 Å². The Kier molecular flexibility index (Phi) is 6.11. The van der Waals surface area contributed by atoms with Gasteiger partial charge in [0.1, 0.15) is 23.6 Å². The first-order valence-corrected chi connectivity index (χ1v) is 13.2. The number of amides is 3. The number of fused-ring (bicyclic) bond motifs is 1. The molecule has 2 saturated heterocycles. The number of hydrogen-bond acceptors (Lipinski definition) is 8. The quantitative estimate of drug-likeness (QED) is 0.483. The molecule has 0 spiro atoms. The molecule has 2 aromatic heterocycles. The molecule has 0 aliphatic carbocycles. The Bertz CT molecular complexity index is 1430. The van der Waals surface area contributed by atoms with Crippen LogP contribution in [0.4, 0.5) is 0 Å². The molecule has 0 saturated carbocycles. The first-order chi connectivity index (χ1) is 18.6. The van der Waals surface area contributed by atoms with Gasteiger partial charge in [-0.3, -0.25) is 29.6 Å². The van der Waals surface area contributed by atoms with E-state index in [4.69, 9.17) is 9.51 Å². The van der Waals surface area contributed by atoms with E-state index in [2.05, 4.69) is 27.5 Å². The second-order valence-corrected chi connectivity index (χ2v) is 11.4. The molecule has 3 aromatic rings. The van der Waals surface area contributed by atoms with Crippen LogP contribution in [0.2, 0.25) is 0 Å².